The second-order valence-electron chi connectivity index (χ2n) is 7.61. The Hall–Kier alpha value is -3.03. The first kappa shape index (κ1) is 20.3. The highest BCUT2D eigenvalue weighted by Crippen LogP contribution is 2.33. The van der Waals surface area contributed by atoms with Crippen LogP contribution in [0.2, 0.25) is 0 Å². The molecule has 2 N–H and O–H groups in total. The van der Waals surface area contributed by atoms with Crippen LogP contribution in [0.5, 0.6) is 0 Å². The predicted octanol–water partition coefficient (Wildman–Crippen LogP) is 4.15. The molecule has 0 bridgehead atoms. The van der Waals surface area contributed by atoms with E-state index in [1.807, 2.05) is 56.3 Å². The molecule has 0 spiro atoms. The second-order valence-corrected chi connectivity index (χ2v) is 9.58. The zero-order chi connectivity index (χ0) is 21.5. The maximum absolute atomic E-state index is 11.9. The normalized spacial score (nSPS) is 12.9. The minimum absolute atomic E-state index is 0.0569. The molecule has 0 aliphatic rings. The summed E-state index contributed by atoms with van der Waals surface area (Å²) in [6.07, 6.45) is 1.56. The van der Waals surface area contributed by atoms with Gasteiger partial charge in [0.2, 0.25) is 0 Å². The highest BCUT2D eigenvalue weighted by Gasteiger charge is 2.20. The number of rotatable bonds is 5. The molecule has 0 radical (unpaired) electrons. The summed E-state index contributed by atoms with van der Waals surface area (Å²) in [5.74, 6) is 0. The molecule has 0 aliphatic carbocycles. The molecule has 0 fully saturated rings. The first-order chi connectivity index (χ1) is 14.2. The van der Waals surface area contributed by atoms with Crippen LogP contribution < -0.4 is 5.73 Å². The Labute approximate surface area is 175 Å². The van der Waals surface area contributed by atoms with Gasteiger partial charge in [0.15, 0.2) is 20.4 Å². The van der Waals surface area contributed by atoms with Gasteiger partial charge in [-0.2, -0.15) is 0 Å². The highest BCUT2D eigenvalue weighted by molar-refractivity contribution is 7.90. The number of aromatic nitrogens is 2. The quantitative estimate of drug-likeness (QED) is 0.520. The monoisotopic (exact) mass is 421 g/mol. The molecule has 7 heteroatoms. The van der Waals surface area contributed by atoms with Crippen LogP contribution >= 0.6 is 0 Å². The van der Waals surface area contributed by atoms with Crippen molar-refractivity contribution >= 4 is 20.8 Å². The van der Waals surface area contributed by atoms with Crippen LogP contribution in [0.25, 0.3) is 22.2 Å². The third-order valence-corrected chi connectivity index (χ3v) is 6.20. The number of aryl methyl sites for hydroxylation is 2. The first-order valence-corrected chi connectivity index (χ1v) is 11.5. The van der Waals surface area contributed by atoms with Crippen molar-refractivity contribution in [2.45, 2.75) is 31.3 Å². The molecular formula is C23H23N3O3S. The summed E-state index contributed by atoms with van der Waals surface area (Å²) in [4.78, 5) is 4.36. The lowest BCUT2D eigenvalue weighted by atomic mass is 9.93. The summed E-state index contributed by atoms with van der Waals surface area (Å²) in [6, 6.07) is 16.7. The summed E-state index contributed by atoms with van der Waals surface area (Å²) >= 11 is 0. The minimum Gasteiger partial charge on any atom is -0.356 e. The molecule has 0 amide bonds. The van der Waals surface area contributed by atoms with Gasteiger partial charge in [0.25, 0.3) is 0 Å². The van der Waals surface area contributed by atoms with E-state index in [2.05, 4.69) is 10.1 Å². The van der Waals surface area contributed by atoms with Gasteiger partial charge in [0, 0.05) is 35.4 Å². The number of nitrogens with zero attached hydrogens (tertiary/aromatic N) is 2. The van der Waals surface area contributed by atoms with E-state index in [1.54, 1.807) is 6.07 Å². The van der Waals surface area contributed by atoms with Crippen LogP contribution in [0.15, 0.2) is 64.1 Å². The Balaban J connectivity index is 1.74. The lowest BCUT2D eigenvalue weighted by Gasteiger charge is -2.17. The van der Waals surface area contributed by atoms with E-state index >= 15 is 0 Å². The van der Waals surface area contributed by atoms with Crippen LogP contribution in [0.3, 0.4) is 0 Å². The number of nitrogens with two attached hydrogens (primary N) is 1. The van der Waals surface area contributed by atoms with E-state index in [0.717, 1.165) is 45.2 Å². The van der Waals surface area contributed by atoms with Crippen molar-refractivity contribution < 1.29 is 12.9 Å². The van der Waals surface area contributed by atoms with Gasteiger partial charge in [-0.05, 0) is 48.7 Å². The van der Waals surface area contributed by atoms with Crippen LogP contribution in [0.4, 0.5) is 0 Å². The van der Waals surface area contributed by atoms with Crippen molar-refractivity contribution in [2.75, 3.05) is 6.26 Å². The van der Waals surface area contributed by atoms with Crippen LogP contribution in [0, 0.1) is 13.8 Å². The van der Waals surface area contributed by atoms with Gasteiger partial charge >= 0.3 is 0 Å². The predicted molar refractivity (Wildman–Crippen MR) is 117 cm³/mol. The van der Waals surface area contributed by atoms with Crippen molar-refractivity contribution in [3.63, 3.8) is 0 Å². The number of fused-ring (bicyclic) bond motifs is 1. The minimum atomic E-state index is -3.39. The van der Waals surface area contributed by atoms with E-state index in [9.17, 15) is 8.42 Å². The zero-order valence-corrected chi connectivity index (χ0v) is 17.9. The van der Waals surface area contributed by atoms with Crippen LogP contribution in [-0.4, -0.2) is 24.8 Å². The average Bonchev–Trinajstić information content (AvgIpc) is 3.11. The number of benzene rings is 2. The molecule has 0 saturated carbocycles. The lowest BCUT2D eigenvalue weighted by Crippen LogP contribution is -2.17. The van der Waals surface area contributed by atoms with Crippen LogP contribution in [0.1, 0.15) is 28.4 Å². The molecule has 2 aromatic heterocycles. The average molecular weight is 422 g/mol. The third kappa shape index (κ3) is 3.86. The third-order valence-electron chi connectivity index (χ3n) is 5.21. The number of hydrogen-bond donors (Lipinski definition) is 1. The van der Waals surface area contributed by atoms with E-state index in [0.29, 0.717) is 12.1 Å². The van der Waals surface area contributed by atoms with Gasteiger partial charge in [0.05, 0.1) is 0 Å². The number of hydrogen-bond acceptors (Lipinski definition) is 6. The Morgan fingerprint density at radius 1 is 1.07 bits per heavy atom. The van der Waals surface area contributed by atoms with Gasteiger partial charge in [-0.1, -0.05) is 41.6 Å². The van der Waals surface area contributed by atoms with Gasteiger partial charge < -0.3 is 10.3 Å². The molecule has 30 heavy (non-hydrogen) atoms. The molecular weight excluding hydrogens is 398 g/mol. The van der Waals surface area contributed by atoms with Gasteiger partial charge in [-0.3, -0.25) is 0 Å². The Bertz CT molecular complexity index is 1340. The van der Waals surface area contributed by atoms with E-state index in [-0.39, 0.29) is 11.1 Å². The second kappa shape index (κ2) is 7.66. The number of pyridine rings is 1. The van der Waals surface area contributed by atoms with Crippen molar-refractivity contribution in [3.8, 4) is 11.3 Å². The summed E-state index contributed by atoms with van der Waals surface area (Å²) in [5.41, 5.74) is 12.5. The highest BCUT2D eigenvalue weighted by atomic mass is 32.2. The SMILES string of the molecule is Cc1ccc2c(-c3ccccc3[C@@H](N)Cc3nc(S(C)(=O)=O)ccc3C)noc2c1. The zero-order valence-electron chi connectivity index (χ0n) is 17.1. The molecule has 0 unspecified atom stereocenters. The molecule has 6 nitrogen and oxygen atoms in total. The smallest absolute Gasteiger partial charge is 0.192 e. The fourth-order valence-corrected chi connectivity index (χ4v) is 4.15. The molecule has 4 rings (SSSR count). The molecule has 0 saturated heterocycles. The standard InChI is InChI=1S/C23H23N3O3S/c1-14-8-10-18-21(12-14)29-26-23(18)17-7-5-4-6-16(17)19(24)13-20-15(2)9-11-22(25-20)30(3,27)28/h4-12,19H,13,24H2,1-3H3/t19-/m0/s1. The summed E-state index contributed by atoms with van der Waals surface area (Å²) in [5, 5.41) is 5.28. The maximum Gasteiger partial charge on any atom is 0.192 e. The Morgan fingerprint density at radius 3 is 2.60 bits per heavy atom. The van der Waals surface area contributed by atoms with Gasteiger partial charge in [-0.25, -0.2) is 13.4 Å². The van der Waals surface area contributed by atoms with Gasteiger partial charge in [0.1, 0.15) is 5.69 Å². The lowest BCUT2D eigenvalue weighted by molar-refractivity contribution is 0.459. The largest absolute Gasteiger partial charge is 0.356 e. The topological polar surface area (TPSA) is 99.1 Å². The molecule has 154 valence electrons. The summed E-state index contributed by atoms with van der Waals surface area (Å²) in [6.45, 7) is 3.91. The molecule has 2 aromatic carbocycles. The van der Waals surface area contributed by atoms with Gasteiger partial charge in [-0.15, -0.1) is 0 Å². The molecule has 4 aromatic rings. The fourth-order valence-electron chi connectivity index (χ4n) is 3.56. The van der Waals surface area contributed by atoms with E-state index < -0.39 is 9.84 Å². The summed E-state index contributed by atoms with van der Waals surface area (Å²) < 4.78 is 29.3. The van der Waals surface area contributed by atoms with E-state index in [1.165, 1.54) is 6.07 Å². The number of sulfone groups is 1. The van der Waals surface area contributed by atoms with Crippen molar-refractivity contribution in [2.24, 2.45) is 5.73 Å². The van der Waals surface area contributed by atoms with Crippen molar-refractivity contribution in [3.05, 3.63) is 77.0 Å². The Kier molecular flexibility index (Phi) is 5.17. The molecule has 1 atom stereocenters. The van der Waals surface area contributed by atoms with Crippen molar-refractivity contribution in [1.82, 2.24) is 10.1 Å². The molecule has 2 heterocycles. The summed E-state index contributed by atoms with van der Waals surface area (Å²) in [7, 11) is -3.39. The Morgan fingerprint density at radius 2 is 1.83 bits per heavy atom. The first-order valence-electron chi connectivity index (χ1n) is 9.61. The maximum atomic E-state index is 11.9. The van der Waals surface area contributed by atoms with Crippen LogP contribution in [-0.2, 0) is 16.3 Å². The fraction of sp³-hybridized carbons (Fsp3) is 0.217. The van der Waals surface area contributed by atoms with E-state index in [4.69, 9.17) is 10.3 Å². The molecule has 0 aliphatic heterocycles. The van der Waals surface area contributed by atoms with Crippen molar-refractivity contribution in [1.29, 1.82) is 0 Å².